The molecule has 0 spiro atoms. The van der Waals surface area contributed by atoms with Gasteiger partial charge in [0, 0.05) is 5.92 Å². The maximum Gasteiger partial charge on any atom is 0.408 e. The third kappa shape index (κ3) is 2.98. The summed E-state index contributed by atoms with van der Waals surface area (Å²) in [5, 5.41) is 12.3. The Kier molecular flexibility index (Phi) is 4.49. The van der Waals surface area contributed by atoms with Crippen molar-refractivity contribution >= 4 is 11.7 Å². The van der Waals surface area contributed by atoms with Crippen molar-refractivity contribution < 1.29 is 24.0 Å². The highest BCUT2D eigenvalue weighted by Crippen LogP contribution is 2.43. The normalized spacial score (nSPS) is 28.7. The van der Waals surface area contributed by atoms with E-state index in [1.807, 2.05) is 44.2 Å². The Bertz CT molecular complexity index is 640. The molecule has 0 amide bonds. The highest BCUT2D eigenvalue weighted by Gasteiger charge is 2.53. The van der Waals surface area contributed by atoms with Crippen LogP contribution in [0.1, 0.15) is 45.3 Å². The SMILES string of the molecule is CCOC(=O)C1=[N+]([O-])OC(C)(C)[C@H]2CC[C@H](c3ccccc3)O[C@H]12. The molecule has 1 fully saturated rings. The Hall–Kier alpha value is -2.08. The van der Waals surface area contributed by atoms with E-state index in [0.29, 0.717) is 0 Å². The molecule has 24 heavy (non-hydrogen) atoms. The molecule has 2 heterocycles. The average Bonchev–Trinajstić information content (AvgIpc) is 2.55. The van der Waals surface area contributed by atoms with E-state index in [4.69, 9.17) is 14.3 Å². The number of hydrogen-bond donors (Lipinski definition) is 0. The van der Waals surface area contributed by atoms with Crippen molar-refractivity contribution in [2.75, 3.05) is 6.61 Å². The van der Waals surface area contributed by atoms with Crippen molar-refractivity contribution in [3.05, 3.63) is 41.1 Å². The summed E-state index contributed by atoms with van der Waals surface area (Å²) in [4.78, 5) is 18.0. The second kappa shape index (κ2) is 6.43. The summed E-state index contributed by atoms with van der Waals surface area (Å²) in [6, 6.07) is 9.84. The zero-order valence-electron chi connectivity index (χ0n) is 14.2. The first-order valence-corrected chi connectivity index (χ1v) is 8.34. The van der Waals surface area contributed by atoms with Gasteiger partial charge in [-0.1, -0.05) is 30.3 Å². The number of hydrogen-bond acceptors (Lipinski definition) is 5. The van der Waals surface area contributed by atoms with Gasteiger partial charge in [-0.15, -0.1) is 0 Å². The zero-order chi connectivity index (χ0) is 17.3. The van der Waals surface area contributed by atoms with Crippen LogP contribution in [0.4, 0.5) is 0 Å². The summed E-state index contributed by atoms with van der Waals surface area (Å²) < 4.78 is 11.2. The van der Waals surface area contributed by atoms with Crippen LogP contribution in [0.3, 0.4) is 0 Å². The fraction of sp³-hybridized carbons (Fsp3) is 0.556. The molecule has 0 radical (unpaired) electrons. The molecule has 0 aliphatic carbocycles. The molecule has 0 saturated carbocycles. The number of ether oxygens (including phenoxy) is 2. The molecule has 1 aromatic rings. The van der Waals surface area contributed by atoms with Crippen molar-refractivity contribution in [3.63, 3.8) is 0 Å². The Morgan fingerprint density at radius 3 is 2.71 bits per heavy atom. The summed E-state index contributed by atoms with van der Waals surface area (Å²) in [6.45, 7) is 5.60. The number of rotatable bonds is 3. The second-order valence-electron chi connectivity index (χ2n) is 6.70. The van der Waals surface area contributed by atoms with Gasteiger partial charge in [0.15, 0.2) is 6.10 Å². The van der Waals surface area contributed by atoms with Gasteiger partial charge in [-0.25, -0.2) is 4.79 Å². The first-order valence-electron chi connectivity index (χ1n) is 8.34. The number of fused-ring (bicyclic) bond motifs is 1. The minimum Gasteiger partial charge on any atom is -0.458 e. The van der Waals surface area contributed by atoms with Gasteiger partial charge >= 0.3 is 11.7 Å². The number of carbonyl (C=O) groups is 1. The lowest BCUT2D eigenvalue weighted by atomic mass is 9.77. The third-order valence-electron chi connectivity index (χ3n) is 4.75. The molecule has 6 nitrogen and oxygen atoms in total. The Morgan fingerprint density at radius 2 is 2.04 bits per heavy atom. The monoisotopic (exact) mass is 333 g/mol. The van der Waals surface area contributed by atoms with Crippen LogP contribution in [-0.4, -0.2) is 34.9 Å². The van der Waals surface area contributed by atoms with E-state index in [0.717, 1.165) is 18.4 Å². The maximum absolute atomic E-state index is 12.3. The van der Waals surface area contributed by atoms with Crippen molar-refractivity contribution in [2.24, 2.45) is 5.92 Å². The first-order chi connectivity index (χ1) is 11.4. The van der Waals surface area contributed by atoms with E-state index in [1.54, 1.807) is 6.92 Å². The van der Waals surface area contributed by atoms with Crippen LogP contribution in [0.25, 0.3) is 0 Å². The summed E-state index contributed by atoms with van der Waals surface area (Å²) in [6.07, 6.45) is 0.824. The van der Waals surface area contributed by atoms with Crippen LogP contribution < -0.4 is 0 Å². The lowest BCUT2D eigenvalue weighted by Gasteiger charge is -2.46. The Morgan fingerprint density at radius 1 is 1.33 bits per heavy atom. The summed E-state index contributed by atoms with van der Waals surface area (Å²) in [5.41, 5.74) is 0.243. The quantitative estimate of drug-likeness (QED) is 0.628. The average molecular weight is 333 g/mol. The molecule has 1 aromatic carbocycles. The van der Waals surface area contributed by atoms with Crippen LogP contribution >= 0.6 is 0 Å². The van der Waals surface area contributed by atoms with Gasteiger partial charge in [-0.05, 0) is 39.2 Å². The van der Waals surface area contributed by atoms with Crippen LogP contribution in [-0.2, 0) is 19.1 Å². The largest absolute Gasteiger partial charge is 0.458 e. The zero-order valence-corrected chi connectivity index (χ0v) is 14.2. The third-order valence-corrected chi connectivity index (χ3v) is 4.75. The number of carbonyl (C=O) groups excluding carboxylic acids is 1. The predicted molar refractivity (Wildman–Crippen MR) is 87.2 cm³/mol. The van der Waals surface area contributed by atoms with Gasteiger partial charge < -0.3 is 14.3 Å². The molecule has 0 bridgehead atoms. The molecule has 0 N–H and O–H groups in total. The summed E-state index contributed by atoms with van der Waals surface area (Å²) in [5.74, 6) is -0.756. The molecular formula is C18H23NO5. The van der Waals surface area contributed by atoms with E-state index >= 15 is 0 Å². The highest BCUT2D eigenvalue weighted by molar-refractivity contribution is 6.36. The van der Waals surface area contributed by atoms with E-state index in [-0.39, 0.29) is 29.2 Å². The van der Waals surface area contributed by atoms with Crippen LogP contribution in [0, 0.1) is 11.1 Å². The minimum absolute atomic E-state index is 0.0814. The van der Waals surface area contributed by atoms with E-state index in [9.17, 15) is 10.0 Å². The van der Waals surface area contributed by atoms with Crippen LogP contribution in [0.2, 0.25) is 0 Å². The fourth-order valence-electron chi connectivity index (χ4n) is 3.53. The van der Waals surface area contributed by atoms with Gasteiger partial charge in [-0.2, -0.15) is 0 Å². The first kappa shape index (κ1) is 16.8. The highest BCUT2D eigenvalue weighted by atomic mass is 16.9. The minimum atomic E-state index is -0.704. The topological polar surface area (TPSA) is 70.8 Å². The maximum atomic E-state index is 12.3. The van der Waals surface area contributed by atoms with Crippen molar-refractivity contribution in [2.45, 2.75) is 51.4 Å². The second-order valence-corrected chi connectivity index (χ2v) is 6.70. The van der Waals surface area contributed by atoms with Gasteiger partial charge in [0.2, 0.25) is 0 Å². The molecule has 2 aliphatic rings. The van der Waals surface area contributed by atoms with Crippen molar-refractivity contribution in [1.82, 2.24) is 0 Å². The summed E-state index contributed by atoms with van der Waals surface area (Å²) >= 11 is 0. The van der Waals surface area contributed by atoms with E-state index < -0.39 is 17.7 Å². The molecule has 1 saturated heterocycles. The molecule has 0 unspecified atom stereocenters. The number of nitrogens with zero attached hydrogens (tertiary/aromatic N) is 1. The van der Waals surface area contributed by atoms with Gasteiger partial charge in [-0.3, -0.25) is 5.21 Å². The van der Waals surface area contributed by atoms with Gasteiger partial charge in [0.1, 0.15) is 0 Å². The van der Waals surface area contributed by atoms with Crippen molar-refractivity contribution in [1.29, 1.82) is 0 Å². The predicted octanol–water partition coefficient (Wildman–Crippen LogP) is 2.76. The number of esters is 1. The lowest BCUT2D eigenvalue weighted by molar-refractivity contribution is -0.774. The van der Waals surface area contributed by atoms with E-state index in [1.165, 1.54) is 0 Å². The summed E-state index contributed by atoms with van der Waals surface area (Å²) in [7, 11) is 0. The molecule has 6 heteroatoms. The van der Waals surface area contributed by atoms with E-state index in [2.05, 4.69) is 0 Å². The molecule has 3 atom stereocenters. The Balaban J connectivity index is 1.93. The fourth-order valence-corrected chi connectivity index (χ4v) is 3.53. The van der Waals surface area contributed by atoms with Crippen molar-refractivity contribution in [3.8, 4) is 0 Å². The van der Waals surface area contributed by atoms with Crippen LogP contribution in [0.15, 0.2) is 30.3 Å². The molecule has 3 rings (SSSR count). The number of benzene rings is 1. The van der Waals surface area contributed by atoms with Gasteiger partial charge in [0.25, 0.3) is 0 Å². The molecule has 130 valence electrons. The molecule has 2 aliphatic heterocycles. The molecular weight excluding hydrogens is 310 g/mol. The Labute approximate surface area is 141 Å². The van der Waals surface area contributed by atoms with Gasteiger partial charge in [0.05, 0.1) is 23.2 Å². The standard InChI is InChI=1S/C18H23NO5/c1-4-22-17(20)15-16-13(18(2,3)24-19(15)21)10-11-14(23-16)12-8-6-5-7-9-12/h5-9,13-14,16H,4,10-11H2,1-3H3/t13-,14+,16-/m0/s1. The molecule has 0 aromatic heterocycles. The van der Waals surface area contributed by atoms with Crippen LogP contribution in [0.5, 0.6) is 0 Å². The lowest BCUT2D eigenvalue weighted by Crippen LogP contribution is -2.58. The smallest absolute Gasteiger partial charge is 0.408 e.